The number of aromatic nitrogens is 6. The molecule has 4 atom stereocenters. The van der Waals surface area contributed by atoms with Crippen molar-refractivity contribution in [1.29, 1.82) is 0 Å². The molecule has 0 N–H and O–H groups in total. The number of hydrogen-bond donors (Lipinski definition) is 0. The lowest BCUT2D eigenvalue weighted by Gasteiger charge is -2.17. The van der Waals surface area contributed by atoms with Gasteiger partial charge in [-0.05, 0) is 132 Å². The van der Waals surface area contributed by atoms with Crippen LogP contribution >= 0.6 is 0 Å². The van der Waals surface area contributed by atoms with Crippen molar-refractivity contribution < 1.29 is 0 Å². The van der Waals surface area contributed by atoms with Gasteiger partial charge in [-0.2, -0.15) is 0 Å². The highest BCUT2D eigenvalue weighted by Crippen LogP contribution is 2.55. The zero-order chi connectivity index (χ0) is 35.3. The Bertz CT molecular complexity index is 2730. The van der Waals surface area contributed by atoms with Gasteiger partial charge in [0.25, 0.3) is 0 Å². The van der Waals surface area contributed by atoms with Crippen molar-refractivity contribution in [1.82, 2.24) is 28.7 Å². The van der Waals surface area contributed by atoms with Crippen molar-refractivity contribution in [2.24, 2.45) is 0 Å². The molecule has 6 aromatic heterocycles. The molecular formula is C46H46N6. The van der Waals surface area contributed by atoms with E-state index in [1.165, 1.54) is 60.1 Å². The quantitative estimate of drug-likeness (QED) is 0.160. The summed E-state index contributed by atoms with van der Waals surface area (Å²) in [6, 6.07) is 18.6. The number of pyridine rings is 4. The molecule has 6 heteroatoms. The second-order valence-corrected chi connectivity index (χ2v) is 18.4. The first-order valence-electron chi connectivity index (χ1n) is 19.5. The Morgan fingerprint density at radius 1 is 0.519 bits per heavy atom. The molecule has 4 aliphatic carbocycles. The summed E-state index contributed by atoms with van der Waals surface area (Å²) >= 11 is 0. The van der Waals surface area contributed by atoms with Gasteiger partial charge in [0.05, 0.1) is 28.9 Å². The molecule has 52 heavy (non-hydrogen) atoms. The van der Waals surface area contributed by atoms with Crippen LogP contribution in [-0.4, -0.2) is 28.7 Å². The van der Waals surface area contributed by atoms with Crippen LogP contribution in [0.3, 0.4) is 0 Å². The van der Waals surface area contributed by atoms with Crippen molar-refractivity contribution in [3.63, 3.8) is 0 Å². The van der Waals surface area contributed by atoms with Crippen molar-refractivity contribution in [2.45, 2.75) is 115 Å². The summed E-state index contributed by atoms with van der Waals surface area (Å²) < 4.78 is 4.45. The molecule has 4 bridgehead atoms. The van der Waals surface area contributed by atoms with Crippen LogP contribution < -0.4 is 0 Å². The molecular weight excluding hydrogens is 637 g/mol. The van der Waals surface area contributed by atoms with Crippen LogP contribution in [0.25, 0.3) is 54.9 Å². The van der Waals surface area contributed by atoms with Gasteiger partial charge >= 0.3 is 0 Å². The predicted molar refractivity (Wildman–Crippen MR) is 212 cm³/mol. The summed E-state index contributed by atoms with van der Waals surface area (Å²) in [5.74, 6) is 3.15. The van der Waals surface area contributed by atoms with E-state index in [4.69, 9.17) is 15.0 Å². The third-order valence-corrected chi connectivity index (χ3v) is 13.1. The summed E-state index contributed by atoms with van der Waals surface area (Å²) in [6.07, 6.45) is 16.4. The first-order chi connectivity index (χ1) is 25.0. The van der Waals surface area contributed by atoms with E-state index in [1.807, 2.05) is 12.4 Å². The summed E-state index contributed by atoms with van der Waals surface area (Å²) in [6.45, 7) is 13.2. The van der Waals surface area contributed by atoms with E-state index in [0.29, 0.717) is 0 Å². The van der Waals surface area contributed by atoms with Crippen molar-refractivity contribution in [3.8, 4) is 0 Å². The maximum absolute atomic E-state index is 5.03. The molecule has 0 aliphatic heterocycles. The zero-order valence-corrected chi connectivity index (χ0v) is 31.2. The first-order valence-corrected chi connectivity index (χ1v) is 19.5. The average Bonchev–Trinajstić information content (AvgIpc) is 3.98. The second-order valence-electron chi connectivity index (χ2n) is 18.4. The molecule has 0 saturated heterocycles. The van der Waals surface area contributed by atoms with E-state index >= 15 is 0 Å². The SMILES string of the molecule is CC(C)(C)c1cc2c(cn1)nc1c3cc4c(cc3ccn21)C1CCC4C1.CC(C)(C)c1cc2nc3c4cc5c(cc4ccn3c2cn1)C1CCC5C1. The Kier molecular flexibility index (Phi) is 6.15. The van der Waals surface area contributed by atoms with Gasteiger partial charge in [0.1, 0.15) is 16.8 Å². The summed E-state index contributed by atoms with van der Waals surface area (Å²) in [5.41, 5.74) is 15.1. The Morgan fingerprint density at radius 3 is 1.52 bits per heavy atom. The van der Waals surface area contributed by atoms with E-state index in [9.17, 15) is 0 Å². The van der Waals surface area contributed by atoms with Gasteiger partial charge in [-0.1, -0.05) is 53.7 Å². The van der Waals surface area contributed by atoms with Gasteiger partial charge in [0.2, 0.25) is 0 Å². The van der Waals surface area contributed by atoms with Gasteiger partial charge in [-0.15, -0.1) is 0 Å². The Labute approximate surface area is 304 Å². The third kappa shape index (κ3) is 4.42. The third-order valence-electron chi connectivity index (χ3n) is 13.1. The molecule has 4 unspecified atom stereocenters. The van der Waals surface area contributed by atoms with Gasteiger partial charge in [0, 0.05) is 45.4 Å². The molecule has 8 aromatic rings. The molecule has 0 amide bonds. The second kappa shape index (κ2) is 10.4. The standard InChI is InChI=1S/2C23H23N3/c1-23(2,3)21-11-20-19(12-24-21)25-22-18-10-17-14-5-4-13(8-14)16(17)9-15(18)6-7-26(20)22;1-23(2,3)21-11-19-20(12-24-21)26-7-6-15-9-16-13-4-5-14(8-13)17(16)10-18(15)22(26)25-19/h2*6-7,9-14H,4-5,8H2,1-3H3. The average molecular weight is 683 g/mol. The number of imidazole rings is 2. The van der Waals surface area contributed by atoms with Crippen LogP contribution in [0.15, 0.2) is 73.3 Å². The molecule has 2 aromatic carbocycles. The lowest BCUT2D eigenvalue weighted by atomic mass is 9.89. The molecule has 2 saturated carbocycles. The van der Waals surface area contributed by atoms with Crippen LogP contribution in [0.2, 0.25) is 0 Å². The van der Waals surface area contributed by atoms with Crippen LogP contribution in [-0.2, 0) is 10.8 Å². The summed E-state index contributed by atoms with van der Waals surface area (Å²) in [4.78, 5) is 19.4. The molecule has 0 spiro atoms. The minimum absolute atomic E-state index is 0.0338. The molecule has 2 fully saturated rings. The molecule has 0 radical (unpaired) electrons. The Hall–Kier alpha value is -4.84. The topological polar surface area (TPSA) is 60.4 Å². The van der Waals surface area contributed by atoms with Crippen molar-refractivity contribution >= 4 is 54.9 Å². The van der Waals surface area contributed by atoms with Gasteiger partial charge < -0.3 is 0 Å². The highest BCUT2D eigenvalue weighted by Gasteiger charge is 2.38. The lowest BCUT2D eigenvalue weighted by Crippen LogP contribution is -2.13. The van der Waals surface area contributed by atoms with E-state index in [2.05, 4.69) is 116 Å². The normalized spacial score (nSPS) is 22.0. The largest absolute Gasteiger partial charge is 0.299 e. The molecule has 6 nitrogen and oxygen atoms in total. The molecule has 4 aliphatic rings. The van der Waals surface area contributed by atoms with Crippen molar-refractivity contribution in [3.05, 3.63) is 107 Å². The van der Waals surface area contributed by atoms with Gasteiger partial charge in [-0.25, -0.2) is 9.97 Å². The van der Waals surface area contributed by atoms with E-state index in [-0.39, 0.29) is 10.8 Å². The molecule has 6 heterocycles. The van der Waals surface area contributed by atoms with Crippen LogP contribution in [0.4, 0.5) is 0 Å². The Morgan fingerprint density at radius 2 is 0.981 bits per heavy atom. The Balaban J connectivity index is 0.000000123. The number of hydrogen-bond acceptors (Lipinski definition) is 4. The minimum atomic E-state index is 0.0338. The van der Waals surface area contributed by atoms with Crippen LogP contribution in [0.5, 0.6) is 0 Å². The van der Waals surface area contributed by atoms with Crippen LogP contribution in [0, 0.1) is 0 Å². The molecule has 12 rings (SSSR count). The molecule has 260 valence electrons. The number of rotatable bonds is 0. The maximum atomic E-state index is 5.03. The monoisotopic (exact) mass is 682 g/mol. The fraction of sp³-hybridized carbons (Fsp3) is 0.391. The van der Waals surface area contributed by atoms with Gasteiger partial charge in [-0.3, -0.25) is 18.8 Å². The highest BCUT2D eigenvalue weighted by atomic mass is 15.0. The highest BCUT2D eigenvalue weighted by molar-refractivity contribution is 6.00. The number of benzene rings is 2. The first kappa shape index (κ1) is 30.8. The summed E-state index contributed by atoms with van der Waals surface area (Å²) in [7, 11) is 0. The lowest BCUT2D eigenvalue weighted by molar-refractivity contribution is 0.570. The summed E-state index contributed by atoms with van der Waals surface area (Å²) in [5, 5.41) is 5.21. The van der Waals surface area contributed by atoms with Crippen LogP contribution in [0.1, 0.15) is 137 Å². The minimum Gasteiger partial charge on any atom is -0.299 e. The predicted octanol–water partition coefficient (Wildman–Crippen LogP) is 11.4. The smallest absolute Gasteiger partial charge is 0.145 e. The van der Waals surface area contributed by atoms with E-state index in [0.717, 1.165) is 68.4 Å². The van der Waals surface area contributed by atoms with Gasteiger partial charge in [0.15, 0.2) is 0 Å². The zero-order valence-electron chi connectivity index (χ0n) is 31.2. The van der Waals surface area contributed by atoms with E-state index in [1.54, 1.807) is 22.3 Å². The fourth-order valence-corrected chi connectivity index (χ4v) is 10.3. The fourth-order valence-electron chi connectivity index (χ4n) is 10.3. The number of nitrogens with zero attached hydrogens (tertiary/aromatic N) is 6. The number of fused-ring (bicyclic) bond motifs is 20. The van der Waals surface area contributed by atoms with Crippen molar-refractivity contribution in [2.75, 3.05) is 0 Å². The maximum Gasteiger partial charge on any atom is 0.145 e. The van der Waals surface area contributed by atoms with E-state index < -0.39 is 0 Å².